The van der Waals surface area contributed by atoms with E-state index in [1.807, 2.05) is 0 Å². The van der Waals surface area contributed by atoms with Crippen LogP contribution in [0.3, 0.4) is 0 Å². The summed E-state index contributed by atoms with van der Waals surface area (Å²) in [6, 6.07) is 7.55. The number of halogens is 3. The van der Waals surface area contributed by atoms with E-state index < -0.39 is 11.7 Å². The van der Waals surface area contributed by atoms with Gasteiger partial charge < -0.3 is 10.6 Å². The minimum atomic E-state index is -4.44. The van der Waals surface area contributed by atoms with Gasteiger partial charge in [-0.2, -0.15) is 13.2 Å². The van der Waals surface area contributed by atoms with Crippen molar-refractivity contribution < 1.29 is 13.2 Å². The molecule has 0 radical (unpaired) electrons. The van der Waals surface area contributed by atoms with Crippen LogP contribution in [0.25, 0.3) is 11.3 Å². The lowest BCUT2D eigenvalue weighted by Gasteiger charge is -2.20. The Balaban J connectivity index is 1.77. The summed E-state index contributed by atoms with van der Waals surface area (Å²) in [6.45, 7) is 6.35. The zero-order valence-corrected chi connectivity index (χ0v) is 15.4. The van der Waals surface area contributed by atoms with Crippen LogP contribution in [0.5, 0.6) is 0 Å². The van der Waals surface area contributed by atoms with Gasteiger partial charge in [0, 0.05) is 17.4 Å². The number of benzene rings is 1. The molecule has 0 aliphatic carbocycles. The van der Waals surface area contributed by atoms with E-state index in [9.17, 15) is 13.2 Å². The van der Waals surface area contributed by atoms with Crippen molar-refractivity contribution in [3.05, 3.63) is 47.7 Å². The number of aliphatic imine (C=N–C) groups is 1. The molecule has 4 nitrogen and oxygen atoms in total. The summed E-state index contributed by atoms with van der Waals surface area (Å²) in [6.07, 6.45) is -1.99. The lowest BCUT2D eigenvalue weighted by atomic mass is 10.0. The number of fused-ring (bicyclic) bond motifs is 1. The van der Waals surface area contributed by atoms with E-state index in [4.69, 9.17) is 0 Å². The van der Waals surface area contributed by atoms with Crippen molar-refractivity contribution in [3.8, 4) is 11.3 Å². The van der Waals surface area contributed by atoms with E-state index in [-0.39, 0.29) is 5.69 Å². The van der Waals surface area contributed by atoms with Crippen molar-refractivity contribution in [2.75, 3.05) is 18.4 Å². The number of amidine groups is 1. The average molecular weight is 376 g/mol. The summed E-state index contributed by atoms with van der Waals surface area (Å²) >= 11 is 0. The number of hydrogen-bond acceptors (Lipinski definition) is 4. The van der Waals surface area contributed by atoms with E-state index in [1.54, 1.807) is 18.2 Å². The molecule has 0 atom stereocenters. The molecule has 1 aromatic carbocycles. The number of pyridine rings is 1. The van der Waals surface area contributed by atoms with Crippen LogP contribution >= 0.6 is 0 Å². The van der Waals surface area contributed by atoms with E-state index in [2.05, 4.69) is 34.5 Å². The van der Waals surface area contributed by atoms with Crippen molar-refractivity contribution in [2.24, 2.45) is 10.9 Å². The third-order valence-corrected chi connectivity index (χ3v) is 4.41. The molecule has 0 fully saturated rings. The first-order chi connectivity index (χ1) is 12.8. The largest absolute Gasteiger partial charge is 0.418 e. The first-order valence-corrected chi connectivity index (χ1v) is 9.01. The van der Waals surface area contributed by atoms with E-state index in [0.717, 1.165) is 36.1 Å². The molecule has 0 amide bonds. The van der Waals surface area contributed by atoms with Crippen molar-refractivity contribution in [2.45, 2.75) is 33.0 Å². The number of rotatable bonds is 6. The summed E-state index contributed by atoms with van der Waals surface area (Å²) in [4.78, 5) is 8.46. The fourth-order valence-electron chi connectivity index (χ4n) is 2.92. The predicted octanol–water partition coefficient (Wildman–Crippen LogP) is 4.73. The van der Waals surface area contributed by atoms with Gasteiger partial charge in [-0.15, -0.1) is 0 Å². The number of alkyl halides is 3. The zero-order valence-electron chi connectivity index (χ0n) is 15.4. The summed E-state index contributed by atoms with van der Waals surface area (Å²) < 4.78 is 39.8. The molecule has 0 saturated heterocycles. The fourth-order valence-corrected chi connectivity index (χ4v) is 2.92. The van der Waals surface area contributed by atoms with Gasteiger partial charge in [-0.1, -0.05) is 26.0 Å². The maximum atomic E-state index is 13.3. The normalized spacial score (nSPS) is 13.9. The van der Waals surface area contributed by atoms with Crippen LogP contribution in [-0.4, -0.2) is 23.9 Å². The van der Waals surface area contributed by atoms with Gasteiger partial charge in [0.25, 0.3) is 0 Å². The van der Waals surface area contributed by atoms with Crippen LogP contribution < -0.4 is 10.6 Å². The zero-order chi connectivity index (χ0) is 19.4. The predicted molar refractivity (Wildman–Crippen MR) is 102 cm³/mol. The molecule has 1 aliphatic rings. The maximum absolute atomic E-state index is 13.3. The van der Waals surface area contributed by atoms with Crippen LogP contribution in [0.2, 0.25) is 0 Å². The Kier molecular flexibility index (Phi) is 5.79. The second-order valence-electron chi connectivity index (χ2n) is 7.02. The maximum Gasteiger partial charge on any atom is 0.418 e. The monoisotopic (exact) mass is 376 g/mol. The Morgan fingerprint density at radius 1 is 1.22 bits per heavy atom. The van der Waals surface area contributed by atoms with Gasteiger partial charge in [-0.3, -0.25) is 9.98 Å². The van der Waals surface area contributed by atoms with Gasteiger partial charge >= 0.3 is 6.18 Å². The molecule has 0 saturated carbocycles. The number of anilines is 1. The SMILES string of the molecule is CC(C)CCNCC1=NCc2ccc(-c3ncccc3C(F)(F)F)cc2N1. The summed E-state index contributed by atoms with van der Waals surface area (Å²) in [5.41, 5.74) is 1.37. The van der Waals surface area contributed by atoms with Crippen LogP contribution in [0, 0.1) is 5.92 Å². The summed E-state index contributed by atoms with van der Waals surface area (Å²) in [5.74, 6) is 1.42. The van der Waals surface area contributed by atoms with Crippen LogP contribution in [0.1, 0.15) is 31.4 Å². The van der Waals surface area contributed by atoms with Crippen molar-refractivity contribution in [1.82, 2.24) is 10.3 Å². The van der Waals surface area contributed by atoms with Crippen LogP contribution in [-0.2, 0) is 12.7 Å². The quantitative estimate of drug-likeness (QED) is 0.717. The topological polar surface area (TPSA) is 49.3 Å². The van der Waals surface area contributed by atoms with Gasteiger partial charge in [0.2, 0.25) is 0 Å². The molecule has 7 heteroatoms. The smallest absolute Gasteiger partial charge is 0.343 e. The fraction of sp³-hybridized carbons (Fsp3) is 0.400. The van der Waals surface area contributed by atoms with Crippen LogP contribution in [0.4, 0.5) is 18.9 Å². The molecule has 1 aromatic heterocycles. The van der Waals surface area contributed by atoms with Gasteiger partial charge in [-0.05, 0) is 42.6 Å². The molecule has 3 rings (SSSR count). The Morgan fingerprint density at radius 2 is 2.04 bits per heavy atom. The highest BCUT2D eigenvalue weighted by Crippen LogP contribution is 2.37. The summed E-state index contributed by atoms with van der Waals surface area (Å²) in [5, 5.41) is 6.57. The lowest BCUT2D eigenvalue weighted by molar-refractivity contribution is -0.137. The molecule has 2 heterocycles. The number of nitrogens with one attached hydrogen (secondary N) is 2. The van der Waals surface area contributed by atoms with Gasteiger partial charge in [0.1, 0.15) is 5.84 Å². The molecule has 0 spiro atoms. The van der Waals surface area contributed by atoms with Crippen LogP contribution in [0.15, 0.2) is 41.5 Å². The Labute approximate surface area is 156 Å². The summed E-state index contributed by atoms with van der Waals surface area (Å²) in [7, 11) is 0. The molecule has 0 unspecified atom stereocenters. The highest BCUT2D eigenvalue weighted by atomic mass is 19.4. The van der Waals surface area contributed by atoms with Crippen molar-refractivity contribution >= 4 is 11.5 Å². The first kappa shape index (κ1) is 19.4. The third-order valence-electron chi connectivity index (χ3n) is 4.41. The third kappa shape index (κ3) is 4.86. The van der Waals surface area contributed by atoms with E-state index in [0.29, 0.717) is 24.6 Å². The van der Waals surface area contributed by atoms with Gasteiger partial charge in [-0.25, -0.2) is 0 Å². The molecule has 2 N–H and O–H groups in total. The van der Waals surface area contributed by atoms with Crippen molar-refractivity contribution in [1.29, 1.82) is 0 Å². The molecule has 0 bridgehead atoms. The molecule has 2 aromatic rings. The van der Waals surface area contributed by atoms with E-state index in [1.165, 1.54) is 12.3 Å². The number of hydrogen-bond donors (Lipinski definition) is 2. The number of aromatic nitrogens is 1. The minimum Gasteiger partial charge on any atom is -0.343 e. The molecular formula is C20H23F3N4. The average Bonchev–Trinajstić information content (AvgIpc) is 2.64. The second kappa shape index (κ2) is 8.08. The Morgan fingerprint density at radius 3 is 2.78 bits per heavy atom. The van der Waals surface area contributed by atoms with E-state index >= 15 is 0 Å². The molecule has 27 heavy (non-hydrogen) atoms. The Hall–Kier alpha value is -2.41. The van der Waals surface area contributed by atoms with Crippen molar-refractivity contribution in [3.63, 3.8) is 0 Å². The first-order valence-electron chi connectivity index (χ1n) is 9.01. The highest BCUT2D eigenvalue weighted by Gasteiger charge is 2.34. The highest BCUT2D eigenvalue weighted by molar-refractivity contribution is 5.99. The Bertz CT molecular complexity index is 828. The lowest BCUT2D eigenvalue weighted by Crippen LogP contribution is -2.31. The molecular weight excluding hydrogens is 353 g/mol. The molecule has 144 valence electrons. The van der Waals surface area contributed by atoms with Gasteiger partial charge in [0.15, 0.2) is 0 Å². The minimum absolute atomic E-state index is 0.0614. The standard InChI is InChI=1S/C20H23F3N4/c1-13(2)7-9-24-12-18-26-11-15-6-5-14(10-17(15)27-18)19-16(20(21,22)23)4-3-8-25-19/h3-6,8,10,13,24H,7,9,11-12H2,1-2H3,(H,26,27). The number of nitrogens with zero attached hydrogens (tertiary/aromatic N) is 2. The van der Waals surface area contributed by atoms with Gasteiger partial charge in [0.05, 0.1) is 24.3 Å². The molecule has 1 aliphatic heterocycles. The second-order valence-corrected chi connectivity index (χ2v) is 7.02.